The first-order chi connectivity index (χ1) is 6.11. The number of benzene rings is 1. The van der Waals surface area contributed by atoms with Gasteiger partial charge >= 0.3 is 0 Å². The molecule has 0 bridgehead atoms. The van der Waals surface area contributed by atoms with Gasteiger partial charge in [0.15, 0.2) is 0 Å². The third kappa shape index (κ3) is 1.99. The standard InChI is InChI=1S/C12H16O/c1-5-10-8-6-7-9-11(10)12(2,3)13-4/h5-9H,1H2,2-4H3. The van der Waals surface area contributed by atoms with Gasteiger partial charge in [0.1, 0.15) is 0 Å². The van der Waals surface area contributed by atoms with Crippen LogP contribution in [0.1, 0.15) is 25.0 Å². The lowest BCUT2D eigenvalue weighted by Gasteiger charge is -2.25. The highest BCUT2D eigenvalue weighted by Crippen LogP contribution is 2.27. The van der Waals surface area contributed by atoms with Crippen LogP contribution in [0.15, 0.2) is 30.8 Å². The minimum absolute atomic E-state index is 0.245. The van der Waals surface area contributed by atoms with E-state index in [-0.39, 0.29) is 5.60 Å². The Morgan fingerprint density at radius 1 is 1.31 bits per heavy atom. The number of ether oxygens (including phenoxy) is 1. The lowest BCUT2D eigenvalue weighted by atomic mass is 9.93. The molecule has 0 saturated carbocycles. The molecule has 1 rings (SSSR count). The largest absolute Gasteiger partial charge is 0.374 e. The van der Waals surface area contributed by atoms with E-state index in [1.54, 1.807) is 7.11 Å². The van der Waals surface area contributed by atoms with E-state index in [4.69, 9.17) is 4.74 Å². The summed E-state index contributed by atoms with van der Waals surface area (Å²) in [6.45, 7) is 7.89. The molecule has 1 nitrogen and oxygen atoms in total. The monoisotopic (exact) mass is 176 g/mol. The fourth-order valence-electron chi connectivity index (χ4n) is 1.33. The molecule has 0 aliphatic heterocycles. The molecule has 0 aliphatic carbocycles. The smallest absolute Gasteiger partial charge is 0.0877 e. The fourth-order valence-corrected chi connectivity index (χ4v) is 1.33. The van der Waals surface area contributed by atoms with Crippen LogP contribution in [-0.2, 0) is 10.3 Å². The molecule has 1 aromatic carbocycles. The van der Waals surface area contributed by atoms with E-state index in [9.17, 15) is 0 Å². The van der Waals surface area contributed by atoms with Gasteiger partial charge in [0.05, 0.1) is 5.60 Å². The Kier molecular flexibility index (Phi) is 2.89. The van der Waals surface area contributed by atoms with Crippen LogP contribution in [0.2, 0.25) is 0 Å². The number of hydrogen-bond donors (Lipinski definition) is 0. The van der Waals surface area contributed by atoms with Crippen LogP contribution in [0.3, 0.4) is 0 Å². The number of hydrogen-bond acceptors (Lipinski definition) is 1. The second-order valence-corrected chi connectivity index (χ2v) is 3.51. The summed E-state index contributed by atoms with van der Waals surface area (Å²) < 4.78 is 5.42. The molecule has 70 valence electrons. The van der Waals surface area contributed by atoms with Crippen molar-refractivity contribution in [2.75, 3.05) is 7.11 Å². The average molecular weight is 176 g/mol. The molecule has 0 spiro atoms. The fraction of sp³-hybridized carbons (Fsp3) is 0.333. The van der Waals surface area contributed by atoms with Crippen LogP contribution in [0, 0.1) is 0 Å². The molecule has 1 heteroatoms. The van der Waals surface area contributed by atoms with E-state index in [0.29, 0.717) is 0 Å². The van der Waals surface area contributed by atoms with Crippen molar-refractivity contribution in [3.63, 3.8) is 0 Å². The van der Waals surface area contributed by atoms with Gasteiger partial charge < -0.3 is 4.74 Å². The molecule has 0 amide bonds. The highest BCUT2D eigenvalue weighted by Gasteiger charge is 2.20. The summed E-state index contributed by atoms with van der Waals surface area (Å²) in [7, 11) is 1.72. The first-order valence-electron chi connectivity index (χ1n) is 4.39. The molecule has 0 saturated heterocycles. The summed E-state index contributed by atoms with van der Waals surface area (Å²) in [5.74, 6) is 0. The summed E-state index contributed by atoms with van der Waals surface area (Å²) in [5, 5.41) is 0. The van der Waals surface area contributed by atoms with E-state index in [1.165, 1.54) is 5.56 Å². The predicted octanol–water partition coefficient (Wildman–Crippen LogP) is 3.21. The summed E-state index contributed by atoms with van der Waals surface area (Å²) in [4.78, 5) is 0. The van der Waals surface area contributed by atoms with Crippen LogP contribution in [0.4, 0.5) is 0 Å². The highest BCUT2D eigenvalue weighted by molar-refractivity contribution is 5.53. The van der Waals surface area contributed by atoms with Gasteiger partial charge in [-0.15, -0.1) is 0 Å². The summed E-state index contributed by atoms with van der Waals surface area (Å²) in [6, 6.07) is 8.14. The highest BCUT2D eigenvalue weighted by atomic mass is 16.5. The van der Waals surface area contributed by atoms with Crippen LogP contribution < -0.4 is 0 Å². The van der Waals surface area contributed by atoms with Gasteiger partial charge in [-0.2, -0.15) is 0 Å². The Hall–Kier alpha value is -1.08. The van der Waals surface area contributed by atoms with Gasteiger partial charge in [-0.3, -0.25) is 0 Å². The SMILES string of the molecule is C=Cc1ccccc1C(C)(C)OC. The minimum Gasteiger partial charge on any atom is -0.374 e. The van der Waals surface area contributed by atoms with Crippen molar-refractivity contribution in [3.05, 3.63) is 42.0 Å². The third-order valence-electron chi connectivity index (χ3n) is 2.34. The summed E-state index contributed by atoms with van der Waals surface area (Å²) in [6.07, 6.45) is 1.86. The van der Waals surface area contributed by atoms with Crippen molar-refractivity contribution < 1.29 is 4.74 Å². The van der Waals surface area contributed by atoms with E-state index < -0.39 is 0 Å². The maximum atomic E-state index is 5.42. The Bertz CT molecular complexity index is 300. The Morgan fingerprint density at radius 2 is 1.92 bits per heavy atom. The quantitative estimate of drug-likeness (QED) is 0.687. The van der Waals surface area contributed by atoms with E-state index in [2.05, 4.69) is 26.5 Å². The van der Waals surface area contributed by atoms with Crippen molar-refractivity contribution >= 4 is 6.08 Å². The van der Waals surface area contributed by atoms with Crippen molar-refractivity contribution in [2.45, 2.75) is 19.4 Å². The third-order valence-corrected chi connectivity index (χ3v) is 2.34. The first-order valence-corrected chi connectivity index (χ1v) is 4.39. The zero-order valence-corrected chi connectivity index (χ0v) is 8.50. The maximum Gasteiger partial charge on any atom is 0.0877 e. The van der Waals surface area contributed by atoms with Gasteiger partial charge in [0, 0.05) is 7.11 Å². The zero-order chi connectivity index (χ0) is 9.90. The number of rotatable bonds is 3. The maximum absolute atomic E-state index is 5.42. The molecule has 0 atom stereocenters. The Labute approximate surface area is 80.0 Å². The van der Waals surface area contributed by atoms with Gasteiger partial charge in [0.2, 0.25) is 0 Å². The van der Waals surface area contributed by atoms with Gasteiger partial charge in [-0.05, 0) is 25.0 Å². The molecule has 0 aromatic heterocycles. The van der Waals surface area contributed by atoms with E-state index in [1.807, 2.05) is 24.3 Å². The second-order valence-electron chi connectivity index (χ2n) is 3.51. The molecule has 0 unspecified atom stereocenters. The number of methoxy groups -OCH3 is 1. The van der Waals surface area contributed by atoms with Crippen LogP contribution >= 0.6 is 0 Å². The molecular weight excluding hydrogens is 160 g/mol. The Balaban J connectivity index is 3.20. The summed E-state index contributed by atoms with van der Waals surface area (Å²) in [5.41, 5.74) is 2.06. The van der Waals surface area contributed by atoms with E-state index >= 15 is 0 Å². The van der Waals surface area contributed by atoms with Gasteiger partial charge in [0.25, 0.3) is 0 Å². The van der Waals surface area contributed by atoms with Crippen molar-refractivity contribution in [1.82, 2.24) is 0 Å². The zero-order valence-electron chi connectivity index (χ0n) is 8.50. The molecule has 0 radical (unpaired) electrons. The van der Waals surface area contributed by atoms with Crippen molar-refractivity contribution in [1.29, 1.82) is 0 Å². The molecule has 0 aliphatic rings. The minimum atomic E-state index is -0.245. The normalized spacial score (nSPS) is 11.3. The predicted molar refractivity (Wildman–Crippen MR) is 56.6 cm³/mol. The topological polar surface area (TPSA) is 9.23 Å². The average Bonchev–Trinajstić information content (AvgIpc) is 2.18. The first kappa shape index (κ1) is 10.0. The van der Waals surface area contributed by atoms with Gasteiger partial charge in [-0.25, -0.2) is 0 Å². The molecule has 0 N–H and O–H groups in total. The lowest BCUT2D eigenvalue weighted by molar-refractivity contribution is 0.0191. The van der Waals surface area contributed by atoms with Crippen LogP contribution in [0.5, 0.6) is 0 Å². The second kappa shape index (κ2) is 3.75. The van der Waals surface area contributed by atoms with Crippen LogP contribution in [0.25, 0.3) is 6.08 Å². The molecule has 0 heterocycles. The Morgan fingerprint density at radius 3 is 2.46 bits per heavy atom. The van der Waals surface area contributed by atoms with Crippen LogP contribution in [-0.4, -0.2) is 7.11 Å². The van der Waals surface area contributed by atoms with Gasteiger partial charge in [-0.1, -0.05) is 36.9 Å². The molecule has 13 heavy (non-hydrogen) atoms. The van der Waals surface area contributed by atoms with Crippen molar-refractivity contribution in [2.24, 2.45) is 0 Å². The van der Waals surface area contributed by atoms with Crippen molar-refractivity contribution in [3.8, 4) is 0 Å². The molecule has 0 fully saturated rings. The molecular formula is C12H16O. The van der Waals surface area contributed by atoms with E-state index in [0.717, 1.165) is 5.56 Å². The lowest BCUT2D eigenvalue weighted by Crippen LogP contribution is -2.20. The summed E-state index contributed by atoms with van der Waals surface area (Å²) >= 11 is 0. The molecule has 1 aromatic rings.